The van der Waals surface area contributed by atoms with Crippen molar-refractivity contribution in [3.8, 4) is 0 Å². The second kappa shape index (κ2) is 18.3. The molecule has 2 bridgehead atoms. The van der Waals surface area contributed by atoms with E-state index in [0.29, 0.717) is 16.2 Å². The van der Waals surface area contributed by atoms with Crippen LogP contribution in [-0.4, -0.2) is 90.5 Å². The smallest absolute Gasteiger partial charge is 0.0921 e. The summed E-state index contributed by atoms with van der Waals surface area (Å²) >= 11 is 0. The third-order valence-electron chi connectivity index (χ3n) is 16.3. The molecule has 3 aliphatic carbocycles. The first kappa shape index (κ1) is 46.9. The Labute approximate surface area is 312 Å². The van der Waals surface area contributed by atoms with E-state index in [9.17, 15) is 0 Å². The summed E-state index contributed by atoms with van der Waals surface area (Å²) in [6.45, 7) is 42.2. The lowest BCUT2D eigenvalue weighted by atomic mass is 9.66. The highest BCUT2D eigenvalue weighted by Crippen LogP contribution is 2.50. The molecule has 0 aromatic rings. The van der Waals surface area contributed by atoms with Crippen LogP contribution in [0.15, 0.2) is 0 Å². The molecule has 0 aromatic heterocycles. The summed E-state index contributed by atoms with van der Waals surface area (Å²) in [6.07, 6.45) is 19.1. The zero-order valence-corrected chi connectivity index (χ0v) is 35.9. The highest BCUT2D eigenvalue weighted by Gasteiger charge is 2.50. The highest BCUT2D eigenvalue weighted by molar-refractivity contribution is 4.91. The van der Waals surface area contributed by atoms with E-state index in [-0.39, 0.29) is 22.3 Å². The van der Waals surface area contributed by atoms with Gasteiger partial charge < -0.3 is 28.3 Å². The van der Waals surface area contributed by atoms with Crippen molar-refractivity contribution in [3.63, 3.8) is 0 Å². The number of quaternary nitrogens is 3. The minimum Gasteiger partial charge on any atom is -0.358 e. The molecule has 3 nitrogen and oxygen atoms in total. The van der Waals surface area contributed by atoms with Crippen molar-refractivity contribution in [2.75, 3.05) is 58.9 Å². The number of hydrogen-bond donors (Lipinski definition) is 0. The molecule has 7 atom stereocenters. The molecule has 4 aliphatic heterocycles. The summed E-state index contributed by atoms with van der Waals surface area (Å²) < 4.78 is 4.32. The van der Waals surface area contributed by atoms with Crippen LogP contribution in [0.4, 0.5) is 0 Å². The van der Waals surface area contributed by atoms with Crippen LogP contribution in [0.1, 0.15) is 174 Å². The lowest BCUT2D eigenvalue weighted by molar-refractivity contribution is -0.947. The van der Waals surface area contributed by atoms with E-state index in [1.54, 1.807) is 0 Å². The molecule has 4 saturated heterocycles. The van der Waals surface area contributed by atoms with Crippen LogP contribution in [0.25, 0.3) is 0 Å². The van der Waals surface area contributed by atoms with E-state index in [2.05, 4.69) is 83.1 Å². The Hall–Kier alpha value is -0.120. The molecule has 0 amide bonds. The van der Waals surface area contributed by atoms with Gasteiger partial charge in [0.2, 0.25) is 0 Å². The summed E-state index contributed by atoms with van der Waals surface area (Å²) in [4.78, 5) is 0. The number of nitrogens with zero attached hydrogens (tertiary/aromatic N) is 3. The first-order valence-corrected chi connectivity index (χ1v) is 21.1. The molecule has 0 radical (unpaired) electrons. The van der Waals surface area contributed by atoms with Crippen molar-refractivity contribution in [3.05, 3.63) is 14.9 Å². The zero-order valence-electron chi connectivity index (χ0n) is 35.9. The van der Waals surface area contributed by atoms with Gasteiger partial charge in [-0.2, -0.15) is 0 Å². The minimum absolute atomic E-state index is 0. The van der Waals surface area contributed by atoms with Gasteiger partial charge in [-0.3, -0.25) is 0 Å². The van der Waals surface area contributed by atoms with Crippen LogP contribution in [0, 0.1) is 48.9 Å². The number of rotatable bonds is 6. The van der Waals surface area contributed by atoms with Crippen LogP contribution in [0.5, 0.6) is 0 Å². The average molecular weight is 691 g/mol. The summed E-state index contributed by atoms with van der Waals surface area (Å²) in [7, 11) is 0. The Morgan fingerprint density at radius 1 is 0.551 bits per heavy atom. The van der Waals surface area contributed by atoms with Crippen molar-refractivity contribution in [2.24, 2.45) is 34.0 Å². The molecular formula is C46H96N3+. The fourth-order valence-electron chi connectivity index (χ4n) is 13.2. The summed E-state index contributed by atoms with van der Waals surface area (Å²) in [5, 5.41) is 0. The van der Waals surface area contributed by atoms with E-state index < -0.39 is 0 Å². The Morgan fingerprint density at radius 3 is 1.49 bits per heavy atom. The standard InChI is InChI=1S/C15H30N.2C14H28N.CH4.2CH3/c1-5-16(8-6-7-9-16)14-10-13(2)11-15(3,4)12-14;1-5-15(8-6-7-9-15)13-11-14(3,4)10-12(13)2;1-5-15(6-2)10-9-14(4)8-7-13(15)11-12(14)3;;;/h13-14H,5-12H2,1-4H3;2*12-13H,5-11H2,1-4H3;1H4;2*1H3/q3*+1;;2*-1. The van der Waals surface area contributed by atoms with E-state index in [1.807, 2.05) is 0 Å². The molecule has 0 spiro atoms. The van der Waals surface area contributed by atoms with Crippen LogP contribution in [-0.2, 0) is 0 Å². The second-order valence-electron chi connectivity index (χ2n) is 20.4. The SMILES string of the molecule is C.CC[N+]1(C2CC(C)(C)CC2C)CCCC1.CC[N+]1(C2CC(C)CC(C)(C)C2)CCCC1.CC[N+]1(CC)CCC2(C)CCC1CC2C.[CH3-].[CH3-]. The lowest BCUT2D eigenvalue weighted by Crippen LogP contribution is -2.56. The Bertz CT molecular complexity index is 933. The quantitative estimate of drug-likeness (QED) is 0.192. The molecule has 7 unspecified atom stereocenters. The van der Waals surface area contributed by atoms with Gasteiger partial charge in [0.1, 0.15) is 0 Å². The van der Waals surface area contributed by atoms with Gasteiger partial charge in [-0.05, 0) is 81.5 Å². The van der Waals surface area contributed by atoms with Crippen LogP contribution >= 0.6 is 0 Å². The molecule has 294 valence electrons. The molecule has 3 heteroatoms. The Balaban J connectivity index is 0.000000357. The maximum atomic E-state index is 2.54. The predicted octanol–water partition coefficient (Wildman–Crippen LogP) is 12.3. The van der Waals surface area contributed by atoms with Gasteiger partial charge in [-0.25, -0.2) is 0 Å². The van der Waals surface area contributed by atoms with Gasteiger partial charge in [0.15, 0.2) is 0 Å². The Kier molecular flexibility index (Phi) is 17.5. The molecule has 0 N–H and O–H groups in total. The van der Waals surface area contributed by atoms with Gasteiger partial charge in [0.25, 0.3) is 0 Å². The van der Waals surface area contributed by atoms with Gasteiger partial charge in [0.05, 0.1) is 77.0 Å². The molecule has 4 heterocycles. The van der Waals surface area contributed by atoms with Crippen molar-refractivity contribution >= 4 is 0 Å². The first-order valence-electron chi connectivity index (χ1n) is 21.1. The predicted molar refractivity (Wildman–Crippen MR) is 221 cm³/mol. The molecule has 7 rings (SSSR count). The van der Waals surface area contributed by atoms with E-state index in [4.69, 9.17) is 0 Å². The zero-order chi connectivity index (χ0) is 34.0. The van der Waals surface area contributed by atoms with Crippen molar-refractivity contribution in [2.45, 2.75) is 192 Å². The van der Waals surface area contributed by atoms with Gasteiger partial charge >= 0.3 is 0 Å². The number of fused-ring (bicyclic) bond motifs is 4. The third-order valence-corrected chi connectivity index (χ3v) is 16.3. The van der Waals surface area contributed by atoms with E-state index >= 15 is 0 Å². The van der Waals surface area contributed by atoms with Crippen molar-refractivity contribution < 1.29 is 13.4 Å². The summed E-state index contributed by atoms with van der Waals surface area (Å²) in [5.74, 6) is 2.84. The third kappa shape index (κ3) is 10.3. The molecule has 7 fully saturated rings. The van der Waals surface area contributed by atoms with Crippen molar-refractivity contribution in [1.29, 1.82) is 0 Å². The summed E-state index contributed by atoms with van der Waals surface area (Å²) in [5.41, 5.74) is 1.86. The van der Waals surface area contributed by atoms with Crippen LogP contribution in [0.3, 0.4) is 0 Å². The normalized spacial score (nSPS) is 37.5. The van der Waals surface area contributed by atoms with Gasteiger partial charge in [0, 0.05) is 63.7 Å². The first-order chi connectivity index (χ1) is 21.5. The topological polar surface area (TPSA) is 0 Å². The fraction of sp³-hybridized carbons (Fsp3) is 0.957. The molecule has 7 aliphatic rings. The maximum Gasteiger partial charge on any atom is 0.0921 e. The molecular weight excluding hydrogens is 595 g/mol. The second-order valence-corrected chi connectivity index (χ2v) is 20.4. The largest absolute Gasteiger partial charge is 0.358 e. The maximum absolute atomic E-state index is 2.54. The molecule has 49 heavy (non-hydrogen) atoms. The molecule has 3 saturated carbocycles. The average Bonchev–Trinajstić information content (AvgIpc) is 3.72. The number of hydrogen-bond acceptors (Lipinski definition) is 0. The van der Waals surface area contributed by atoms with Gasteiger partial charge in [-0.1, -0.05) is 62.8 Å². The van der Waals surface area contributed by atoms with Gasteiger partial charge in [-0.15, -0.1) is 0 Å². The molecule has 0 aromatic carbocycles. The lowest BCUT2D eigenvalue weighted by Gasteiger charge is -2.48. The summed E-state index contributed by atoms with van der Waals surface area (Å²) in [6, 6.07) is 2.91. The number of likely N-dealkylation sites (tertiary alicyclic amines) is 2. The minimum atomic E-state index is 0. The Morgan fingerprint density at radius 2 is 1.06 bits per heavy atom. The highest BCUT2D eigenvalue weighted by atomic mass is 15.4. The van der Waals surface area contributed by atoms with Crippen LogP contribution < -0.4 is 0 Å². The van der Waals surface area contributed by atoms with Crippen LogP contribution in [0.2, 0.25) is 0 Å². The monoisotopic (exact) mass is 691 g/mol. The fourth-order valence-corrected chi connectivity index (χ4v) is 13.2. The van der Waals surface area contributed by atoms with E-state index in [0.717, 1.165) is 35.9 Å². The van der Waals surface area contributed by atoms with Crippen molar-refractivity contribution in [1.82, 2.24) is 0 Å². The van der Waals surface area contributed by atoms with E-state index in [1.165, 1.54) is 156 Å².